The molecule has 0 spiro atoms. The monoisotopic (exact) mass is 559 g/mol. The molecule has 0 unspecified atom stereocenters. The SMILES string of the molecule is CC(C)[C@H]1COC(c2cccc(C3=N[C@@H](C(C)C)CO3)n2)=N1.C[Si](C)(C)[CH]=[Ru]([Cl])[Cl]. The first-order valence-electron chi connectivity index (χ1n) is 10.2. The normalized spacial score (nSPS) is 21.4. The summed E-state index contributed by atoms with van der Waals surface area (Å²) in [4.78, 5) is 13.9. The van der Waals surface area contributed by atoms with Gasteiger partial charge < -0.3 is 9.47 Å². The predicted molar refractivity (Wildman–Crippen MR) is 128 cm³/mol. The van der Waals surface area contributed by atoms with E-state index >= 15 is 0 Å². The molecule has 1 aromatic heterocycles. The molecule has 170 valence electrons. The molecule has 2 aliphatic heterocycles. The molecule has 0 radical (unpaired) electrons. The Morgan fingerprint density at radius 1 is 0.933 bits per heavy atom. The predicted octanol–water partition coefficient (Wildman–Crippen LogP) is 5.28. The van der Waals surface area contributed by atoms with Crippen molar-refractivity contribution >= 4 is 43.5 Å². The quantitative estimate of drug-likeness (QED) is 0.462. The third-order valence-electron chi connectivity index (χ3n) is 4.46. The van der Waals surface area contributed by atoms with Gasteiger partial charge in [0.1, 0.15) is 24.6 Å². The molecule has 0 N–H and O–H groups in total. The van der Waals surface area contributed by atoms with Gasteiger partial charge in [-0.25, -0.2) is 15.0 Å². The van der Waals surface area contributed by atoms with Crippen LogP contribution >= 0.6 is 19.4 Å². The molecule has 0 saturated carbocycles. The summed E-state index contributed by atoms with van der Waals surface area (Å²) in [6.45, 7) is 16.6. The summed E-state index contributed by atoms with van der Waals surface area (Å²) in [6.07, 6.45) is 0. The number of hydrogen-bond donors (Lipinski definition) is 0. The van der Waals surface area contributed by atoms with E-state index in [0.29, 0.717) is 36.8 Å². The van der Waals surface area contributed by atoms with Gasteiger partial charge in [-0.05, 0) is 24.0 Å². The van der Waals surface area contributed by atoms with Gasteiger partial charge in [0, 0.05) is 0 Å². The van der Waals surface area contributed by atoms with Gasteiger partial charge in [-0.2, -0.15) is 0 Å². The van der Waals surface area contributed by atoms with Crippen molar-refractivity contribution in [2.75, 3.05) is 13.2 Å². The molecule has 5 nitrogen and oxygen atoms in total. The van der Waals surface area contributed by atoms with Crippen molar-refractivity contribution < 1.29 is 23.0 Å². The van der Waals surface area contributed by atoms with Crippen LogP contribution in [0.15, 0.2) is 28.2 Å². The van der Waals surface area contributed by atoms with E-state index < -0.39 is 21.6 Å². The first kappa shape index (κ1) is 25.6. The maximum absolute atomic E-state index is 5.70. The Balaban J connectivity index is 0.000000343. The van der Waals surface area contributed by atoms with Crippen molar-refractivity contribution in [3.8, 4) is 0 Å². The topological polar surface area (TPSA) is 56.1 Å². The molecule has 9 heteroatoms. The molecule has 3 heterocycles. The fraction of sp³-hybridized carbons (Fsp3) is 0.619. The van der Waals surface area contributed by atoms with Crippen molar-refractivity contribution in [1.82, 2.24) is 4.98 Å². The standard InChI is InChI=1S/C17H23N3O2.C4H10Si.2ClH.Ru/c1-10(2)14-8-21-16(19-14)12-6-5-7-13(18-12)17-20-15(9-22-17)11(3)4;1-5(2,3)4;;;/h5-7,10-11,14-15H,8-9H2,1-4H3;1H,2-4H3;2*1H;/q;;;;+2/p-2/t14-,15-;;;;/m1..../s1. The van der Waals surface area contributed by atoms with Gasteiger partial charge in [0.15, 0.2) is 0 Å². The molecule has 1 aromatic rings. The first-order valence-corrected chi connectivity index (χ1v) is 19.3. The van der Waals surface area contributed by atoms with Gasteiger partial charge in [-0.15, -0.1) is 0 Å². The zero-order valence-corrected chi connectivity index (χ0v) is 23.1. The Hall–Kier alpha value is -0.620. The minimum absolute atomic E-state index is 0.214. The molecule has 3 rings (SSSR count). The van der Waals surface area contributed by atoms with E-state index in [1.54, 1.807) is 0 Å². The number of aliphatic imine (C=N–C) groups is 2. The minimum atomic E-state index is -1.45. The fourth-order valence-corrected chi connectivity index (χ4v) is 14.7. The van der Waals surface area contributed by atoms with Crippen LogP contribution in [0.2, 0.25) is 19.6 Å². The zero-order chi connectivity index (χ0) is 22.5. The van der Waals surface area contributed by atoms with Gasteiger partial charge in [0.05, 0.1) is 12.1 Å². The van der Waals surface area contributed by atoms with Crippen molar-refractivity contribution in [2.24, 2.45) is 21.8 Å². The Labute approximate surface area is 194 Å². The third kappa shape index (κ3) is 8.14. The van der Waals surface area contributed by atoms with Crippen LogP contribution in [0.3, 0.4) is 0 Å². The summed E-state index contributed by atoms with van der Waals surface area (Å²) in [7, 11) is 10.3. The average Bonchev–Trinajstić information content (AvgIpc) is 3.30. The zero-order valence-electron chi connectivity index (χ0n) is 18.8. The Morgan fingerprint density at radius 3 is 1.63 bits per heavy atom. The van der Waals surface area contributed by atoms with E-state index in [4.69, 9.17) is 28.9 Å². The molecule has 0 saturated heterocycles. The summed E-state index contributed by atoms with van der Waals surface area (Å²) in [5.41, 5.74) is 1.50. The average molecular weight is 560 g/mol. The molecule has 2 atom stereocenters. The van der Waals surface area contributed by atoms with Gasteiger partial charge in [0.2, 0.25) is 11.8 Å². The molecule has 0 fully saturated rings. The van der Waals surface area contributed by atoms with Crippen LogP contribution < -0.4 is 0 Å². The van der Waals surface area contributed by atoms with Crippen LogP contribution in [0.4, 0.5) is 0 Å². The number of nitrogens with zero attached hydrogens (tertiary/aromatic N) is 3. The van der Waals surface area contributed by atoms with E-state index in [9.17, 15) is 0 Å². The van der Waals surface area contributed by atoms with Gasteiger partial charge in [-0.1, -0.05) is 33.8 Å². The number of aromatic nitrogens is 1. The van der Waals surface area contributed by atoms with Crippen LogP contribution in [0.5, 0.6) is 0 Å². The molecule has 0 amide bonds. The van der Waals surface area contributed by atoms with E-state index in [1.807, 2.05) is 18.2 Å². The van der Waals surface area contributed by atoms with Crippen LogP contribution in [-0.4, -0.2) is 54.4 Å². The summed E-state index contributed by atoms with van der Waals surface area (Å²) in [5.74, 6) is 2.18. The Bertz CT molecular complexity index is 769. The van der Waals surface area contributed by atoms with E-state index in [-0.39, 0.29) is 12.1 Å². The first-order chi connectivity index (χ1) is 14.0. The molecule has 2 aliphatic rings. The van der Waals surface area contributed by atoms with Crippen LogP contribution in [0.1, 0.15) is 39.1 Å². The molecule has 0 aromatic carbocycles. The maximum atomic E-state index is 5.70. The molecule has 0 bridgehead atoms. The Morgan fingerprint density at radius 2 is 1.37 bits per heavy atom. The molecule has 30 heavy (non-hydrogen) atoms. The fourth-order valence-electron chi connectivity index (χ4n) is 2.65. The molecular weight excluding hydrogens is 526 g/mol. The summed E-state index contributed by atoms with van der Waals surface area (Å²) >= 11 is -1.45. The summed E-state index contributed by atoms with van der Waals surface area (Å²) in [5, 5.41) is 0. The second kappa shape index (κ2) is 11.3. The van der Waals surface area contributed by atoms with Crippen molar-refractivity contribution in [3.05, 3.63) is 29.6 Å². The van der Waals surface area contributed by atoms with Gasteiger partial charge in [-0.3, -0.25) is 0 Å². The number of hydrogen-bond acceptors (Lipinski definition) is 5. The molecule has 0 aliphatic carbocycles. The van der Waals surface area contributed by atoms with Crippen molar-refractivity contribution in [2.45, 2.75) is 59.4 Å². The summed E-state index contributed by atoms with van der Waals surface area (Å²) in [6, 6.07) is 6.21. The Kier molecular flexibility index (Phi) is 9.66. The number of rotatable bonds is 5. The summed E-state index contributed by atoms with van der Waals surface area (Å²) < 4.78 is 13.6. The number of halogens is 2. The van der Waals surface area contributed by atoms with Crippen LogP contribution in [-0.2, 0) is 23.0 Å². The number of ether oxygens (including phenoxy) is 2. The molecular formula is C21H33Cl2N3O2RuSi. The second-order valence-corrected chi connectivity index (χ2v) is 20.9. The van der Waals surface area contributed by atoms with Crippen molar-refractivity contribution in [3.63, 3.8) is 0 Å². The number of pyridine rings is 1. The second-order valence-electron chi connectivity index (χ2n) is 9.19. The van der Waals surface area contributed by atoms with Crippen LogP contribution in [0, 0.1) is 11.8 Å². The van der Waals surface area contributed by atoms with E-state index in [2.05, 4.69) is 66.5 Å². The van der Waals surface area contributed by atoms with Gasteiger partial charge in [0.25, 0.3) is 0 Å². The van der Waals surface area contributed by atoms with E-state index in [1.165, 1.54) is 0 Å². The third-order valence-corrected chi connectivity index (χ3v) is 13.6. The van der Waals surface area contributed by atoms with Crippen molar-refractivity contribution in [1.29, 1.82) is 0 Å². The van der Waals surface area contributed by atoms with Gasteiger partial charge >= 0.3 is 64.8 Å². The van der Waals surface area contributed by atoms with E-state index in [0.717, 1.165) is 11.4 Å². The van der Waals surface area contributed by atoms with Crippen LogP contribution in [0.25, 0.3) is 0 Å².